The molecule has 1 aromatic carbocycles. The van der Waals surface area contributed by atoms with Crippen LogP contribution in [0.15, 0.2) is 59.7 Å². The largest absolute Gasteiger partial charge is 0.315 e. The zero-order chi connectivity index (χ0) is 18.7. The van der Waals surface area contributed by atoms with Crippen LogP contribution in [-0.4, -0.2) is 15.5 Å². The molecule has 0 bridgehead atoms. The first kappa shape index (κ1) is 17.5. The Labute approximate surface area is 147 Å². The number of anilines is 1. The topological polar surface area (TPSA) is 64.0 Å². The fourth-order valence-electron chi connectivity index (χ4n) is 2.47. The van der Waals surface area contributed by atoms with Gasteiger partial charge in [0.05, 0.1) is 5.56 Å². The Morgan fingerprint density at radius 3 is 2.62 bits per heavy atom. The lowest BCUT2D eigenvalue weighted by molar-refractivity contribution is 0.102. The Balaban J connectivity index is 1.71. The second kappa shape index (κ2) is 7.26. The predicted molar refractivity (Wildman–Crippen MR) is 93.0 cm³/mol. The maximum atomic E-state index is 13.5. The first-order valence-corrected chi connectivity index (χ1v) is 7.79. The van der Waals surface area contributed by atoms with Gasteiger partial charge in [0.25, 0.3) is 11.5 Å². The Hall–Kier alpha value is -3.35. The number of pyridine rings is 2. The SMILES string of the molecule is Cn1cc(C(=O)Nc2ccc(Cc3cccc(F)c3)cn2)cc(F)c1=O. The van der Waals surface area contributed by atoms with Gasteiger partial charge in [-0.3, -0.25) is 9.59 Å². The van der Waals surface area contributed by atoms with E-state index in [1.54, 1.807) is 24.4 Å². The third kappa shape index (κ3) is 4.00. The summed E-state index contributed by atoms with van der Waals surface area (Å²) in [6, 6.07) is 10.5. The second-order valence-electron chi connectivity index (χ2n) is 5.81. The first-order chi connectivity index (χ1) is 12.4. The number of hydrogen-bond acceptors (Lipinski definition) is 3. The number of aromatic nitrogens is 2. The third-order valence-corrected chi connectivity index (χ3v) is 3.77. The van der Waals surface area contributed by atoms with Crippen molar-refractivity contribution in [1.29, 1.82) is 0 Å². The number of nitrogens with one attached hydrogen (secondary N) is 1. The molecule has 5 nitrogen and oxygen atoms in total. The Kier molecular flexibility index (Phi) is 4.88. The summed E-state index contributed by atoms with van der Waals surface area (Å²) < 4.78 is 27.7. The Bertz CT molecular complexity index is 988. The molecule has 0 fully saturated rings. The molecular weight excluding hydrogens is 340 g/mol. The van der Waals surface area contributed by atoms with Gasteiger partial charge >= 0.3 is 0 Å². The summed E-state index contributed by atoms with van der Waals surface area (Å²) >= 11 is 0. The molecule has 0 atom stereocenters. The molecule has 0 aliphatic heterocycles. The molecule has 0 spiro atoms. The average molecular weight is 355 g/mol. The zero-order valence-electron chi connectivity index (χ0n) is 13.9. The molecule has 7 heteroatoms. The molecule has 1 amide bonds. The van der Waals surface area contributed by atoms with Gasteiger partial charge in [-0.15, -0.1) is 0 Å². The highest BCUT2D eigenvalue weighted by Crippen LogP contribution is 2.13. The van der Waals surface area contributed by atoms with Crippen molar-refractivity contribution in [3.05, 3.63) is 93.5 Å². The van der Waals surface area contributed by atoms with Gasteiger partial charge < -0.3 is 9.88 Å². The minimum atomic E-state index is -1.00. The van der Waals surface area contributed by atoms with Gasteiger partial charge in [0, 0.05) is 19.4 Å². The lowest BCUT2D eigenvalue weighted by Gasteiger charge is -2.07. The van der Waals surface area contributed by atoms with E-state index in [-0.39, 0.29) is 17.2 Å². The lowest BCUT2D eigenvalue weighted by Crippen LogP contribution is -2.23. The molecule has 2 aromatic heterocycles. The molecule has 0 aliphatic rings. The number of aryl methyl sites for hydroxylation is 1. The maximum absolute atomic E-state index is 13.5. The summed E-state index contributed by atoms with van der Waals surface area (Å²) in [7, 11) is 1.36. The van der Waals surface area contributed by atoms with Gasteiger partial charge in [-0.1, -0.05) is 18.2 Å². The van der Waals surface area contributed by atoms with Crippen LogP contribution in [0.3, 0.4) is 0 Å². The van der Waals surface area contributed by atoms with Gasteiger partial charge in [0.1, 0.15) is 11.6 Å². The van der Waals surface area contributed by atoms with Gasteiger partial charge in [-0.2, -0.15) is 0 Å². The second-order valence-corrected chi connectivity index (χ2v) is 5.81. The lowest BCUT2D eigenvalue weighted by atomic mass is 10.1. The van der Waals surface area contributed by atoms with E-state index >= 15 is 0 Å². The minimum absolute atomic E-state index is 0.00948. The Morgan fingerprint density at radius 1 is 1.15 bits per heavy atom. The quantitative estimate of drug-likeness (QED) is 0.783. The van der Waals surface area contributed by atoms with E-state index in [1.165, 1.54) is 25.4 Å². The van der Waals surface area contributed by atoms with Crippen molar-refractivity contribution >= 4 is 11.7 Å². The molecule has 0 saturated carbocycles. The summed E-state index contributed by atoms with van der Waals surface area (Å²) in [5, 5.41) is 2.54. The van der Waals surface area contributed by atoms with Gasteiger partial charge in [-0.05, 0) is 41.8 Å². The molecule has 2 heterocycles. The van der Waals surface area contributed by atoms with Crippen LogP contribution in [0.5, 0.6) is 0 Å². The molecule has 132 valence electrons. The van der Waals surface area contributed by atoms with Crippen LogP contribution in [0.2, 0.25) is 0 Å². The molecule has 0 radical (unpaired) electrons. The number of benzene rings is 1. The molecule has 3 rings (SSSR count). The van der Waals surface area contributed by atoms with Crippen molar-refractivity contribution < 1.29 is 13.6 Å². The first-order valence-electron chi connectivity index (χ1n) is 7.79. The Morgan fingerprint density at radius 2 is 1.96 bits per heavy atom. The molecule has 0 aliphatic carbocycles. The third-order valence-electron chi connectivity index (χ3n) is 3.77. The van der Waals surface area contributed by atoms with Crippen LogP contribution in [0.25, 0.3) is 0 Å². The maximum Gasteiger partial charge on any atom is 0.286 e. The smallest absolute Gasteiger partial charge is 0.286 e. The van der Waals surface area contributed by atoms with Crippen LogP contribution in [0, 0.1) is 11.6 Å². The van der Waals surface area contributed by atoms with E-state index in [4.69, 9.17) is 0 Å². The van der Waals surface area contributed by atoms with Crippen LogP contribution >= 0.6 is 0 Å². The minimum Gasteiger partial charge on any atom is -0.315 e. The van der Waals surface area contributed by atoms with Crippen molar-refractivity contribution in [1.82, 2.24) is 9.55 Å². The fraction of sp³-hybridized carbons (Fsp3) is 0.105. The molecule has 26 heavy (non-hydrogen) atoms. The number of halogens is 2. The number of rotatable bonds is 4. The van der Waals surface area contributed by atoms with Crippen molar-refractivity contribution in [2.75, 3.05) is 5.32 Å². The van der Waals surface area contributed by atoms with Crippen LogP contribution in [0.1, 0.15) is 21.5 Å². The van der Waals surface area contributed by atoms with Crippen molar-refractivity contribution in [2.24, 2.45) is 7.05 Å². The molecule has 1 N–H and O–H groups in total. The highest BCUT2D eigenvalue weighted by Gasteiger charge is 2.11. The monoisotopic (exact) mass is 355 g/mol. The van der Waals surface area contributed by atoms with Crippen molar-refractivity contribution in [3.63, 3.8) is 0 Å². The number of nitrogens with zero attached hydrogens (tertiary/aromatic N) is 2. The molecule has 0 saturated heterocycles. The van der Waals surface area contributed by atoms with E-state index in [1.807, 2.05) is 6.07 Å². The normalized spacial score (nSPS) is 10.6. The van der Waals surface area contributed by atoms with E-state index in [0.717, 1.165) is 21.8 Å². The standard InChI is InChI=1S/C19H15F2N3O2/c1-24-11-14(9-16(21)19(24)26)18(25)23-17-6-5-13(10-22-17)7-12-3-2-4-15(20)8-12/h2-6,8-11H,7H2,1H3,(H,22,23,25). The number of carbonyl (C=O) groups excluding carboxylic acids is 1. The van der Waals surface area contributed by atoms with E-state index in [9.17, 15) is 18.4 Å². The van der Waals surface area contributed by atoms with Gasteiger partial charge in [0.2, 0.25) is 0 Å². The van der Waals surface area contributed by atoms with E-state index in [2.05, 4.69) is 10.3 Å². The fourth-order valence-corrected chi connectivity index (χ4v) is 2.47. The average Bonchev–Trinajstić information content (AvgIpc) is 2.61. The highest BCUT2D eigenvalue weighted by atomic mass is 19.1. The number of carbonyl (C=O) groups is 1. The van der Waals surface area contributed by atoms with E-state index < -0.39 is 17.3 Å². The number of amides is 1. The van der Waals surface area contributed by atoms with Crippen molar-refractivity contribution in [3.8, 4) is 0 Å². The zero-order valence-corrected chi connectivity index (χ0v) is 13.9. The predicted octanol–water partition coefficient (Wildman–Crippen LogP) is 2.90. The summed E-state index contributed by atoms with van der Waals surface area (Å²) in [6.45, 7) is 0. The molecular formula is C19H15F2N3O2. The van der Waals surface area contributed by atoms with Crippen LogP contribution in [-0.2, 0) is 13.5 Å². The highest BCUT2D eigenvalue weighted by molar-refractivity contribution is 6.03. The molecule has 0 unspecified atom stereocenters. The number of hydrogen-bond donors (Lipinski definition) is 1. The summed E-state index contributed by atoms with van der Waals surface area (Å²) in [4.78, 5) is 27.6. The molecule has 3 aromatic rings. The summed E-state index contributed by atoms with van der Waals surface area (Å²) in [5.41, 5.74) is 0.864. The van der Waals surface area contributed by atoms with Gasteiger partial charge in [-0.25, -0.2) is 13.8 Å². The van der Waals surface area contributed by atoms with Crippen LogP contribution < -0.4 is 10.9 Å². The van der Waals surface area contributed by atoms with E-state index in [0.29, 0.717) is 6.42 Å². The van der Waals surface area contributed by atoms with Crippen molar-refractivity contribution in [2.45, 2.75) is 6.42 Å². The summed E-state index contributed by atoms with van der Waals surface area (Å²) in [5.74, 6) is -1.60. The van der Waals surface area contributed by atoms with Gasteiger partial charge in [0.15, 0.2) is 5.82 Å². The summed E-state index contributed by atoms with van der Waals surface area (Å²) in [6.07, 6.45) is 3.33. The van der Waals surface area contributed by atoms with Crippen LogP contribution in [0.4, 0.5) is 14.6 Å².